The number of carbonyl (C=O) groups is 1. The van der Waals surface area contributed by atoms with Gasteiger partial charge >= 0.3 is 0 Å². The van der Waals surface area contributed by atoms with Gasteiger partial charge in [-0.25, -0.2) is 0 Å². The molecule has 0 aliphatic carbocycles. The summed E-state index contributed by atoms with van der Waals surface area (Å²) >= 11 is 0. The van der Waals surface area contributed by atoms with Gasteiger partial charge in [0.05, 0.1) is 12.7 Å². The highest BCUT2D eigenvalue weighted by Gasteiger charge is 2.07. The maximum atomic E-state index is 11.8. The van der Waals surface area contributed by atoms with E-state index in [1.807, 2.05) is 30.3 Å². The quantitative estimate of drug-likeness (QED) is 0.852. The Kier molecular flexibility index (Phi) is 6.01. The molecule has 0 fully saturated rings. The van der Waals surface area contributed by atoms with Gasteiger partial charge in [0.25, 0.3) is 5.91 Å². The zero-order chi connectivity index (χ0) is 16.5. The Morgan fingerprint density at radius 2 is 1.83 bits per heavy atom. The number of ether oxygens (including phenoxy) is 2. The second kappa shape index (κ2) is 8.44. The molecular weight excluding hydrogens is 292 g/mol. The fourth-order valence-corrected chi connectivity index (χ4v) is 2.13. The number of benzene rings is 2. The van der Waals surface area contributed by atoms with Crippen molar-refractivity contribution in [2.24, 2.45) is 0 Å². The van der Waals surface area contributed by atoms with E-state index < -0.39 is 0 Å². The third-order valence-corrected chi connectivity index (χ3v) is 3.28. The number of hydrogen-bond donors (Lipinski definition) is 1. The van der Waals surface area contributed by atoms with Crippen molar-refractivity contribution in [2.75, 3.05) is 20.3 Å². The van der Waals surface area contributed by atoms with E-state index in [9.17, 15) is 4.79 Å². The molecule has 0 atom stereocenters. The van der Waals surface area contributed by atoms with Crippen LogP contribution in [-0.2, 0) is 11.2 Å². The van der Waals surface area contributed by atoms with Gasteiger partial charge in [0.2, 0.25) is 0 Å². The lowest BCUT2D eigenvalue weighted by atomic mass is 10.1. The molecule has 118 valence electrons. The van der Waals surface area contributed by atoms with Gasteiger partial charge in [0.15, 0.2) is 6.61 Å². The number of nitrogens with one attached hydrogen (secondary N) is 1. The fourth-order valence-electron chi connectivity index (χ4n) is 2.13. The lowest BCUT2D eigenvalue weighted by molar-refractivity contribution is -0.123. The Bertz CT molecular complexity index is 707. The smallest absolute Gasteiger partial charge is 0.257 e. The predicted molar refractivity (Wildman–Crippen MR) is 86.4 cm³/mol. The lowest BCUT2D eigenvalue weighted by Gasteiger charge is -2.10. The minimum Gasteiger partial charge on any atom is -0.496 e. The molecule has 23 heavy (non-hydrogen) atoms. The molecule has 0 aliphatic rings. The van der Waals surface area contributed by atoms with E-state index in [2.05, 4.69) is 5.32 Å². The van der Waals surface area contributed by atoms with Gasteiger partial charge in [-0.05, 0) is 30.2 Å². The first-order valence-electron chi connectivity index (χ1n) is 7.25. The average Bonchev–Trinajstić information content (AvgIpc) is 2.60. The Morgan fingerprint density at radius 3 is 2.57 bits per heavy atom. The molecule has 0 saturated heterocycles. The van der Waals surface area contributed by atoms with E-state index in [4.69, 9.17) is 14.7 Å². The molecule has 0 heterocycles. The van der Waals surface area contributed by atoms with Gasteiger partial charge in [-0.15, -0.1) is 0 Å². The SMILES string of the molecule is COc1ccccc1CCNC(=O)COc1ccccc1C#N. The van der Waals surface area contributed by atoms with Crippen LogP contribution in [0.4, 0.5) is 0 Å². The number of hydrogen-bond acceptors (Lipinski definition) is 4. The summed E-state index contributed by atoms with van der Waals surface area (Å²) < 4.78 is 10.6. The molecule has 1 amide bonds. The predicted octanol–water partition coefficient (Wildman–Crippen LogP) is 2.30. The summed E-state index contributed by atoms with van der Waals surface area (Å²) in [7, 11) is 1.62. The van der Waals surface area contributed by atoms with Gasteiger partial charge in [-0.1, -0.05) is 30.3 Å². The molecule has 0 bridgehead atoms. The van der Waals surface area contributed by atoms with Gasteiger partial charge < -0.3 is 14.8 Å². The second-order valence-electron chi connectivity index (χ2n) is 4.81. The van der Waals surface area contributed by atoms with Crippen molar-refractivity contribution in [3.8, 4) is 17.6 Å². The van der Waals surface area contributed by atoms with Crippen LogP contribution in [-0.4, -0.2) is 26.2 Å². The maximum absolute atomic E-state index is 11.8. The van der Waals surface area contributed by atoms with Crippen molar-refractivity contribution in [3.63, 3.8) is 0 Å². The maximum Gasteiger partial charge on any atom is 0.257 e. The van der Waals surface area contributed by atoms with Crippen LogP contribution < -0.4 is 14.8 Å². The third kappa shape index (κ3) is 4.75. The second-order valence-corrected chi connectivity index (χ2v) is 4.81. The number of para-hydroxylation sites is 2. The summed E-state index contributed by atoms with van der Waals surface area (Å²) in [6.07, 6.45) is 0.671. The van der Waals surface area contributed by atoms with Crippen molar-refractivity contribution in [2.45, 2.75) is 6.42 Å². The van der Waals surface area contributed by atoms with Crippen LogP contribution in [0, 0.1) is 11.3 Å². The molecule has 2 aromatic carbocycles. The third-order valence-electron chi connectivity index (χ3n) is 3.28. The molecule has 0 spiro atoms. The molecule has 5 nitrogen and oxygen atoms in total. The van der Waals surface area contributed by atoms with E-state index in [1.165, 1.54) is 0 Å². The number of rotatable bonds is 7. The Balaban J connectivity index is 1.78. The lowest BCUT2D eigenvalue weighted by Crippen LogP contribution is -2.30. The number of nitrogens with zero attached hydrogens (tertiary/aromatic N) is 1. The van der Waals surface area contributed by atoms with Crippen molar-refractivity contribution in [1.29, 1.82) is 5.26 Å². The molecular formula is C18H18N2O3. The zero-order valence-corrected chi connectivity index (χ0v) is 12.9. The highest BCUT2D eigenvalue weighted by molar-refractivity contribution is 5.77. The van der Waals surface area contributed by atoms with Gasteiger partial charge in [0, 0.05) is 6.54 Å². The summed E-state index contributed by atoms with van der Waals surface area (Å²) in [5.41, 5.74) is 1.44. The van der Waals surface area contributed by atoms with Crippen molar-refractivity contribution < 1.29 is 14.3 Å². The number of carbonyl (C=O) groups excluding carboxylic acids is 1. The Morgan fingerprint density at radius 1 is 1.13 bits per heavy atom. The first kappa shape index (κ1) is 16.4. The first-order chi connectivity index (χ1) is 11.2. The molecule has 1 N–H and O–H groups in total. The van der Waals surface area contributed by atoms with Crippen LogP contribution in [0.25, 0.3) is 0 Å². The van der Waals surface area contributed by atoms with Crippen LogP contribution in [0.3, 0.4) is 0 Å². The molecule has 2 aromatic rings. The zero-order valence-electron chi connectivity index (χ0n) is 12.9. The minimum absolute atomic E-state index is 0.120. The monoisotopic (exact) mass is 310 g/mol. The normalized spacial score (nSPS) is 9.74. The first-order valence-corrected chi connectivity index (χ1v) is 7.25. The van der Waals surface area contributed by atoms with E-state index in [1.54, 1.807) is 31.4 Å². The van der Waals surface area contributed by atoms with Crippen LogP contribution in [0.15, 0.2) is 48.5 Å². The molecule has 0 unspecified atom stereocenters. The van der Waals surface area contributed by atoms with E-state index in [0.717, 1.165) is 11.3 Å². The number of amides is 1. The van der Waals surface area contributed by atoms with E-state index in [0.29, 0.717) is 24.3 Å². The molecule has 0 saturated carbocycles. The van der Waals surface area contributed by atoms with Gasteiger partial charge in [-0.3, -0.25) is 4.79 Å². The Hall–Kier alpha value is -3.00. The summed E-state index contributed by atoms with van der Waals surface area (Å²) in [6, 6.07) is 16.5. The fraction of sp³-hybridized carbons (Fsp3) is 0.222. The van der Waals surface area contributed by atoms with E-state index >= 15 is 0 Å². The molecule has 5 heteroatoms. The van der Waals surface area contributed by atoms with Gasteiger partial charge in [0.1, 0.15) is 17.6 Å². The summed E-state index contributed by atoms with van der Waals surface area (Å²) in [5.74, 6) is 0.989. The van der Waals surface area contributed by atoms with Crippen LogP contribution in [0.5, 0.6) is 11.5 Å². The average molecular weight is 310 g/mol. The highest BCUT2D eigenvalue weighted by Crippen LogP contribution is 2.17. The summed E-state index contributed by atoms with van der Waals surface area (Å²) in [4.78, 5) is 11.8. The van der Waals surface area contributed by atoms with E-state index in [-0.39, 0.29) is 12.5 Å². The van der Waals surface area contributed by atoms with Crippen LogP contribution in [0.1, 0.15) is 11.1 Å². The standard InChI is InChI=1S/C18H18N2O3/c1-22-16-8-4-2-6-14(16)10-11-20-18(21)13-23-17-9-5-3-7-15(17)12-19/h2-9H,10-11,13H2,1H3,(H,20,21). The highest BCUT2D eigenvalue weighted by atomic mass is 16.5. The number of methoxy groups -OCH3 is 1. The van der Waals surface area contributed by atoms with Crippen molar-refractivity contribution in [3.05, 3.63) is 59.7 Å². The van der Waals surface area contributed by atoms with Crippen LogP contribution >= 0.6 is 0 Å². The number of nitriles is 1. The van der Waals surface area contributed by atoms with Crippen molar-refractivity contribution in [1.82, 2.24) is 5.32 Å². The summed E-state index contributed by atoms with van der Waals surface area (Å²) in [6.45, 7) is 0.368. The molecule has 0 radical (unpaired) electrons. The van der Waals surface area contributed by atoms with Gasteiger partial charge in [-0.2, -0.15) is 5.26 Å². The molecule has 2 rings (SSSR count). The van der Waals surface area contributed by atoms with Crippen molar-refractivity contribution >= 4 is 5.91 Å². The summed E-state index contributed by atoms with van der Waals surface area (Å²) in [5, 5.41) is 11.7. The topological polar surface area (TPSA) is 71.3 Å². The molecule has 0 aromatic heterocycles. The molecule has 0 aliphatic heterocycles. The largest absolute Gasteiger partial charge is 0.496 e. The Labute approximate surface area is 135 Å². The van der Waals surface area contributed by atoms with Crippen LogP contribution in [0.2, 0.25) is 0 Å². The minimum atomic E-state index is -0.229.